The van der Waals surface area contributed by atoms with Gasteiger partial charge in [-0.1, -0.05) is 17.7 Å². The van der Waals surface area contributed by atoms with Gasteiger partial charge in [0.15, 0.2) is 0 Å². The predicted octanol–water partition coefficient (Wildman–Crippen LogP) is 3.80. The molecule has 1 N–H and O–H groups in total. The molecule has 2 aromatic rings. The van der Waals surface area contributed by atoms with Crippen molar-refractivity contribution in [2.24, 2.45) is 0 Å². The minimum atomic E-state index is -0.0237. The van der Waals surface area contributed by atoms with E-state index in [1.165, 1.54) is 5.56 Å². The molecular formula is C15H17BrN2O. The Balaban J connectivity index is 2.44. The van der Waals surface area contributed by atoms with Gasteiger partial charge < -0.3 is 10.0 Å². The number of pyridine rings is 1. The second kappa shape index (κ2) is 6.17. The number of halogens is 1. The summed E-state index contributed by atoms with van der Waals surface area (Å²) >= 11 is 3.38. The maximum atomic E-state index is 9.49. The lowest BCUT2D eigenvalue weighted by molar-refractivity contribution is 0.281. The molecule has 0 radical (unpaired) electrons. The first-order valence-electron chi connectivity index (χ1n) is 6.25. The third-order valence-electron chi connectivity index (χ3n) is 3.00. The summed E-state index contributed by atoms with van der Waals surface area (Å²) in [5.74, 6) is 0.803. The van der Waals surface area contributed by atoms with Crippen LogP contribution in [0, 0.1) is 6.92 Å². The molecule has 0 unspecified atom stereocenters. The molecule has 0 fully saturated rings. The van der Waals surface area contributed by atoms with Gasteiger partial charge in [0.1, 0.15) is 5.82 Å². The highest BCUT2D eigenvalue weighted by atomic mass is 79.9. The first-order valence-corrected chi connectivity index (χ1v) is 7.04. The summed E-state index contributed by atoms with van der Waals surface area (Å²) in [6, 6.07) is 10.2. The van der Waals surface area contributed by atoms with Crippen LogP contribution < -0.4 is 4.90 Å². The number of aryl methyl sites for hydroxylation is 1. The number of aromatic nitrogens is 1. The van der Waals surface area contributed by atoms with E-state index in [0.29, 0.717) is 0 Å². The van der Waals surface area contributed by atoms with Gasteiger partial charge in [-0.2, -0.15) is 0 Å². The number of aliphatic hydroxyl groups is 1. The zero-order valence-electron chi connectivity index (χ0n) is 11.1. The second-order valence-electron chi connectivity index (χ2n) is 4.37. The molecule has 100 valence electrons. The van der Waals surface area contributed by atoms with Crippen molar-refractivity contribution in [3.05, 3.63) is 52.1 Å². The Hall–Kier alpha value is -1.39. The third-order valence-corrected chi connectivity index (χ3v) is 3.43. The van der Waals surface area contributed by atoms with E-state index in [4.69, 9.17) is 0 Å². The number of benzene rings is 1. The van der Waals surface area contributed by atoms with Crippen LogP contribution >= 0.6 is 15.9 Å². The van der Waals surface area contributed by atoms with E-state index in [-0.39, 0.29) is 6.61 Å². The Kier molecular flexibility index (Phi) is 4.56. The number of anilines is 2. The molecule has 1 aromatic heterocycles. The number of hydrogen-bond acceptors (Lipinski definition) is 3. The fourth-order valence-electron chi connectivity index (χ4n) is 2.01. The van der Waals surface area contributed by atoms with E-state index < -0.39 is 0 Å². The van der Waals surface area contributed by atoms with E-state index in [2.05, 4.69) is 63.9 Å². The largest absolute Gasteiger partial charge is 0.392 e. The Morgan fingerprint density at radius 3 is 2.53 bits per heavy atom. The molecule has 0 atom stereocenters. The summed E-state index contributed by atoms with van der Waals surface area (Å²) in [5, 5.41) is 9.49. The van der Waals surface area contributed by atoms with Crippen LogP contribution in [0.5, 0.6) is 0 Å². The molecule has 0 aliphatic rings. The van der Waals surface area contributed by atoms with E-state index >= 15 is 0 Å². The van der Waals surface area contributed by atoms with Crippen molar-refractivity contribution in [3.8, 4) is 0 Å². The minimum Gasteiger partial charge on any atom is -0.392 e. The number of rotatable bonds is 4. The van der Waals surface area contributed by atoms with Gasteiger partial charge >= 0.3 is 0 Å². The SMILES string of the molecule is CCN(c1ccc(C)cc1)c1ncc(Br)cc1CO. The summed E-state index contributed by atoms with van der Waals surface area (Å²) in [7, 11) is 0. The molecule has 0 saturated heterocycles. The van der Waals surface area contributed by atoms with Crippen LogP contribution in [-0.4, -0.2) is 16.6 Å². The summed E-state index contributed by atoms with van der Waals surface area (Å²) < 4.78 is 0.875. The highest BCUT2D eigenvalue weighted by molar-refractivity contribution is 9.10. The maximum Gasteiger partial charge on any atom is 0.138 e. The molecule has 2 rings (SSSR count). The number of nitrogens with zero attached hydrogens (tertiary/aromatic N) is 2. The van der Waals surface area contributed by atoms with Gasteiger partial charge in [0, 0.05) is 28.5 Å². The Labute approximate surface area is 122 Å². The fourth-order valence-corrected chi connectivity index (χ4v) is 2.39. The van der Waals surface area contributed by atoms with Gasteiger partial charge in [-0.05, 0) is 48.0 Å². The van der Waals surface area contributed by atoms with Gasteiger partial charge in [-0.3, -0.25) is 0 Å². The van der Waals surface area contributed by atoms with Gasteiger partial charge in [-0.15, -0.1) is 0 Å². The van der Waals surface area contributed by atoms with E-state index in [1.807, 2.05) is 6.07 Å². The predicted molar refractivity (Wildman–Crippen MR) is 81.7 cm³/mol. The molecule has 0 saturated carbocycles. The molecule has 0 aliphatic heterocycles. The van der Waals surface area contributed by atoms with Crippen molar-refractivity contribution in [2.75, 3.05) is 11.4 Å². The number of aliphatic hydroxyl groups excluding tert-OH is 1. The van der Waals surface area contributed by atoms with E-state index in [1.54, 1.807) is 6.20 Å². The Morgan fingerprint density at radius 1 is 1.26 bits per heavy atom. The summed E-state index contributed by atoms with van der Waals surface area (Å²) in [6.07, 6.45) is 1.76. The van der Waals surface area contributed by atoms with Crippen molar-refractivity contribution in [2.45, 2.75) is 20.5 Å². The molecule has 0 amide bonds. The second-order valence-corrected chi connectivity index (χ2v) is 5.29. The first-order chi connectivity index (χ1) is 9.15. The maximum absolute atomic E-state index is 9.49. The van der Waals surface area contributed by atoms with Crippen molar-refractivity contribution in [1.82, 2.24) is 4.98 Å². The van der Waals surface area contributed by atoms with Crippen LogP contribution in [0.1, 0.15) is 18.1 Å². The zero-order chi connectivity index (χ0) is 13.8. The molecule has 0 aliphatic carbocycles. The first kappa shape index (κ1) is 14.0. The normalized spacial score (nSPS) is 10.5. The van der Waals surface area contributed by atoms with Gasteiger partial charge in [-0.25, -0.2) is 4.98 Å². The lowest BCUT2D eigenvalue weighted by Gasteiger charge is -2.24. The van der Waals surface area contributed by atoms with Gasteiger partial charge in [0.05, 0.1) is 6.61 Å². The lowest BCUT2D eigenvalue weighted by atomic mass is 10.2. The van der Waals surface area contributed by atoms with Crippen LogP contribution in [0.25, 0.3) is 0 Å². The highest BCUT2D eigenvalue weighted by Gasteiger charge is 2.13. The summed E-state index contributed by atoms with van der Waals surface area (Å²) in [4.78, 5) is 6.53. The number of hydrogen-bond donors (Lipinski definition) is 1. The molecule has 19 heavy (non-hydrogen) atoms. The summed E-state index contributed by atoms with van der Waals surface area (Å²) in [6.45, 7) is 4.91. The monoisotopic (exact) mass is 320 g/mol. The minimum absolute atomic E-state index is 0.0237. The van der Waals surface area contributed by atoms with E-state index in [9.17, 15) is 5.11 Å². The van der Waals surface area contributed by atoms with Crippen molar-refractivity contribution in [1.29, 1.82) is 0 Å². The molecule has 0 spiro atoms. The third kappa shape index (κ3) is 3.14. The molecule has 4 heteroatoms. The smallest absolute Gasteiger partial charge is 0.138 e. The van der Waals surface area contributed by atoms with Gasteiger partial charge in [0.25, 0.3) is 0 Å². The average molecular weight is 321 g/mol. The fraction of sp³-hybridized carbons (Fsp3) is 0.267. The molecule has 1 aromatic carbocycles. The van der Waals surface area contributed by atoms with Crippen LogP contribution in [0.3, 0.4) is 0 Å². The van der Waals surface area contributed by atoms with Gasteiger partial charge in [0.2, 0.25) is 0 Å². The van der Waals surface area contributed by atoms with Crippen LogP contribution in [0.15, 0.2) is 41.0 Å². The van der Waals surface area contributed by atoms with Crippen LogP contribution in [-0.2, 0) is 6.61 Å². The van der Waals surface area contributed by atoms with Crippen LogP contribution in [0.4, 0.5) is 11.5 Å². The zero-order valence-corrected chi connectivity index (χ0v) is 12.7. The van der Waals surface area contributed by atoms with Crippen molar-refractivity contribution >= 4 is 27.4 Å². The quantitative estimate of drug-likeness (QED) is 0.930. The summed E-state index contributed by atoms with van der Waals surface area (Å²) in [5.41, 5.74) is 3.13. The highest BCUT2D eigenvalue weighted by Crippen LogP contribution is 2.28. The van der Waals surface area contributed by atoms with Crippen molar-refractivity contribution < 1.29 is 5.11 Å². The topological polar surface area (TPSA) is 36.4 Å². The molecule has 3 nitrogen and oxygen atoms in total. The Morgan fingerprint density at radius 2 is 1.95 bits per heavy atom. The van der Waals surface area contributed by atoms with Crippen molar-refractivity contribution in [3.63, 3.8) is 0 Å². The lowest BCUT2D eigenvalue weighted by Crippen LogP contribution is -2.19. The standard InChI is InChI=1S/C15H17BrN2O/c1-3-18(14-6-4-11(2)5-7-14)15-12(10-19)8-13(16)9-17-15/h4-9,19H,3,10H2,1-2H3. The average Bonchev–Trinajstić information content (AvgIpc) is 2.43. The molecule has 1 heterocycles. The molecular weight excluding hydrogens is 304 g/mol. The Bertz CT molecular complexity index is 555. The van der Waals surface area contributed by atoms with E-state index in [0.717, 1.165) is 28.1 Å². The molecule has 0 bridgehead atoms. The van der Waals surface area contributed by atoms with Crippen LogP contribution in [0.2, 0.25) is 0 Å².